The van der Waals surface area contributed by atoms with E-state index in [9.17, 15) is 9.59 Å². The highest BCUT2D eigenvalue weighted by Gasteiger charge is 2.08. The number of fused-ring (bicyclic) bond motifs is 2. The first-order valence-electron chi connectivity index (χ1n) is 9.38. The first kappa shape index (κ1) is 19.6. The summed E-state index contributed by atoms with van der Waals surface area (Å²) in [6.45, 7) is -0.185. The molecule has 0 aliphatic carbocycles. The fraction of sp³-hybridized carbons (Fsp3) is 0.0417. The summed E-state index contributed by atoms with van der Waals surface area (Å²) < 4.78 is 0. The Bertz CT molecular complexity index is 1210. The summed E-state index contributed by atoms with van der Waals surface area (Å²) in [6, 6.07) is 24.6. The van der Waals surface area contributed by atoms with Gasteiger partial charge in [0, 0.05) is 16.1 Å². The van der Waals surface area contributed by atoms with Crippen molar-refractivity contribution in [3.05, 3.63) is 95.0 Å². The molecule has 0 aliphatic rings. The average molecular weight is 416 g/mol. The van der Waals surface area contributed by atoms with Crippen LogP contribution in [0.4, 0.5) is 0 Å². The molecular weight excluding hydrogens is 398 g/mol. The Morgan fingerprint density at radius 3 is 2.10 bits per heavy atom. The molecule has 0 radical (unpaired) electrons. The molecule has 4 rings (SSSR count). The van der Waals surface area contributed by atoms with E-state index < -0.39 is 5.91 Å². The second-order valence-electron chi connectivity index (χ2n) is 6.72. The topological polar surface area (TPSA) is 70.6 Å². The molecule has 4 aromatic carbocycles. The van der Waals surface area contributed by atoms with E-state index in [1.54, 1.807) is 30.5 Å². The van der Waals surface area contributed by atoms with Gasteiger partial charge in [-0.15, -0.1) is 0 Å². The number of nitrogens with zero attached hydrogens (tertiary/aromatic N) is 1. The molecule has 6 heteroatoms. The molecule has 0 aliphatic heterocycles. The number of hydrogen-bond acceptors (Lipinski definition) is 3. The van der Waals surface area contributed by atoms with Crippen LogP contribution in [-0.4, -0.2) is 24.6 Å². The third-order valence-electron chi connectivity index (χ3n) is 4.71. The zero-order valence-corrected chi connectivity index (χ0v) is 16.7. The fourth-order valence-electron chi connectivity index (χ4n) is 3.26. The summed E-state index contributed by atoms with van der Waals surface area (Å²) in [5.41, 5.74) is 3.82. The molecule has 0 aromatic heterocycles. The molecule has 2 amide bonds. The number of amides is 2. The van der Waals surface area contributed by atoms with Gasteiger partial charge in [-0.2, -0.15) is 5.10 Å². The van der Waals surface area contributed by atoms with Crippen LogP contribution < -0.4 is 10.7 Å². The largest absolute Gasteiger partial charge is 0.343 e. The van der Waals surface area contributed by atoms with Gasteiger partial charge in [-0.3, -0.25) is 9.59 Å². The lowest BCUT2D eigenvalue weighted by Crippen LogP contribution is -2.34. The summed E-state index contributed by atoms with van der Waals surface area (Å²) in [4.78, 5) is 24.2. The number of halogens is 1. The van der Waals surface area contributed by atoms with Gasteiger partial charge in [0.25, 0.3) is 11.8 Å². The van der Waals surface area contributed by atoms with Crippen molar-refractivity contribution < 1.29 is 9.59 Å². The van der Waals surface area contributed by atoms with Crippen molar-refractivity contribution in [2.45, 2.75) is 0 Å². The number of benzene rings is 4. The zero-order valence-electron chi connectivity index (χ0n) is 15.9. The molecule has 30 heavy (non-hydrogen) atoms. The van der Waals surface area contributed by atoms with Gasteiger partial charge in [-0.25, -0.2) is 5.43 Å². The van der Waals surface area contributed by atoms with Crippen molar-refractivity contribution in [2.24, 2.45) is 5.10 Å². The molecule has 4 aromatic rings. The van der Waals surface area contributed by atoms with Gasteiger partial charge in [-0.05, 0) is 51.9 Å². The Morgan fingerprint density at radius 2 is 1.47 bits per heavy atom. The maximum atomic E-state index is 12.1. The number of nitrogens with one attached hydrogen (secondary N) is 2. The minimum atomic E-state index is -0.418. The quantitative estimate of drug-likeness (QED) is 0.285. The maximum absolute atomic E-state index is 12.1. The van der Waals surface area contributed by atoms with E-state index in [1.807, 2.05) is 48.5 Å². The zero-order chi connectivity index (χ0) is 20.9. The van der Waals surface area contributed by atoms with Gasteiger partial charge in [0.1, 0.15) is 0 Å². The number of hydrogen-bond donors (Lipinski definition) is 2. The second-order valence-corrected chi connectivity index (χ2v) is 7.15. The average Bonchev–Trinajstić information content (AvgIpc) is 2.77. The predicted molar refractivity (Wildman–Crippen MR) is 121 cm³/mol. The molecule has 0 unspecified atom stereocenters. The highest BCUT2D eigenvalue weighted by Crippen LogP contribution is 2.27. The van der Waals surface area contributed by atoms with Gasteiger partial charge >= 0.3 is 0 Å². The summed E-state index contributed by atoms with van der Waals surface area (Å²) >= 11 is 5.81. The Morgan fingerprint density at radius 1 is 0.867 bits per heavy atom. The van der Waals surface area contributed by atoms with Gasteiger partial charge in [0.05, 0.1) is 12.8 Å². The third kappa shape index (κ3) is 4.31. The number of carbonyl (C=O) groups is 2. The van der Waals surface area contributed by atoms with Crippen molar-refractivity contribution in [3.63, 3.8) is 0 Å². The molecule has 0 bridgehead atoms. The Labute approximate surface area is 178 Å². The lowest BCUT2D eigenvalue weighted by atomic mass is 9.97. The number of rotatable bonds is 5. The molecule has 148 valence electrons. The van der Waals surface area contributed by atoms with Gasteiger partial charge in [0.2, 0.25) is 0 Å². The Kier molecular flexibility index (Phi) is 5.72. The van der Waals surface area contributed by atoms with E-state index in [-0.39, 0.29) is 12.5 Å². The second kappa shape index (κ2) is 8.76. The van der Waals surface area contributed by atoms with Gasteiger partial charge < -0.3 is 5.32 Å². The molecule has 5 nitrogen and oxygen atoms in total. The van der Waals surface area contributed by atoms with Crippen LogP contribution in [0.2, 0.25) is 5.02 Å². The molecule has 0 fully saturated rings. The van der Waals surface area contributed by atoms with Gasteiger partial charge in [0.15, 0.2) is 0 Å². The van der Waals surface area contributed by atoms with Crippen LogP contribution in [0.1, 0.15) is 15.9 Å². The summed E-state index contributed by atoms with van der Waals surface area (Å²) in [7, 11) is 0. The Balaban J connectivity index is 1.46. The fourth-order valence-corrected chi connectivity index (χ4v) is 3.39. The SMILES string of the molecule is O=C(CNC(=O)c1ccc(Cl)cc1)N/N=C\c1c2ccccc2cc2ccccc12. The highest BCUT2D eigenvalue weighted by atomic mass is 35.5. The normalized spacial score (nSPS) is 11.1. The van der Waals surface area contributed by atoms with Gasteiger partial charge in [-0.1, -0.05) is 60.1 Å². The van der Waals surface area contributed by atoms with E-state index in [0.29, 0.717) is 10.6 Å². The van der Waals surface area contributed by atoms with Crippen molar-refractivity contribution >= 4 is 51.2 Å². The molecular formula is C24H18ClN3O2. The summed E-state index contributed by atoms with van der Waals surface area (Å²) in [5.74, 6) is -0.774. The van der Waals surface area contributed by atoms with Crippen LogP contribution in [-0.2, 0) is 4.79 Å². The van der Waals surface area contributed by atoms with Crippen LogP contribution in [0.15, 0.2) is 84.0 Å². The molecule has 0 saturated heterocycles. The lowest BCUT2D eigenvalue weighted by molar-refractivity contribution is -0.120. The molecule has 0 saturated carbocycles. The van der Waals surface area contributed by atoms with E-state index in [1.165, 1.54) is 0 Å². The van der Waals surface area contributed by atoms with Crippen LogP contribution in [0.5, 0.6) is 0 Å². The van der Waals surface area contributed by atoms with Crippen molar-refractivity contribution in [2.75, 3.05) is 6.54 Å². The van der Waals surface area contributed by atoms with E-state index in [2.05, 4.69) is 21.9 Å². The lowest BCUT2D eigenvalue weighted by Gasteiger charge is -2.08. The standard InChI is InChI=1S/C24H18ClN3O2/c25-19-11-9-16(10-12-19)24(30)26-15-23(29)28-27-14-22-20-7-3-1-5-17(20)13-18-6-2-4-8-21(18)22/h1-14H,15H2,(H,26,30)(H,28,29)/b27-14-. The van der Waals surface area contributed by atoms with E-state index in [0.717, 1.165) is 27.1 Å². The van der Waals surface area contributed by atoms with Crippen LogP contribution >= 0.6 is 11.6 Å². The van der Waals surface area contributed by atoms with Crippen molar-refractivity contribution in [1.82, 2.24) is 10.7 Å². The van der Waals surface area contributed by atoms with Crippen LogP contribution in [0.3, 0.4) is 0 Å². The van der Waals surface area contributed by atoms with Crippen molar-refractivity contribution in [1.29, 1.82) is 0 Å². The van der Waals surface area contributed by atoms with E-state index in [4.69, 9.17) is 11.6 Å². The smallest absolute Gasteiger partial charge is 0.259 e. The Hall–Kier alpha value is -3.70. The minimum absolute atomic E-state index is 0.185. The molecule has 2 N–H and O–H groups in total. The monoisotopic (exact) mass is 415 g/mol. The van der Waals surface area contributed by atoms with Crippen LogP contribution in [0.25, 0.3) is 21.5 Å². The third-order valence-corrected chi connectivity index (χ3v) is 4.96. The van der Waals surface area contributed by atoms with Crippen molar-refractivity contribution in [3.8, 4) is 0 Å². The first-order valence-corrected chi connectivity index (χ1v) is 9.76. The maximum Gasteiger partial charge on any atom is 0.259 e. The van der Waals surface area contributed by atoms with Crippen LogP contribution in [0, 0.1) is 0 Å². The summed E-state index contributed by atoms with van der Waals surface area (Å²) in [6.07, 6.45) is 1.64. The molecule has 0 spiro atoms. The highest BCUT2D eigenvalue weighted by molar-refractivity contribution is 6.30. The summed E-state index contributed by atoms with van der Waals surface area (Å²) in [5, 5.41) is 11.5. The minimum Gasteiger partial charge on any atom is -0.343 e. The molecule has 0 atom stereocenters. The molecule has 0 heterocycles. The first-order chi connectivity index (χ1) is 14.6. The predicted octanol–water partition coefficient (Wildman–Crippen LogP) is 4.53. The van der Waals surface area contributed by atoms with E-state index >= 15 is 0 Å². The number of carbonyl (C=O) groups excluding carboxylic acids is 2. The number of hydrazone groups is 1.